The molecule has 1 N–H and O–H groups in total. The van der Waals surface area contributed by atoms with Crippen LogP contribution in [-0.4, -0.2) is 31.6 Å². The average molecular weight is 301 g/mol. The molecule has 1 aliphatic rings. The van der Waals surface area contributed by atoms with Gasteiger partial charge in [0.05, 0.1) is 12.0 Å². The second kappa shape index (κ2) is 5.94. The van der Waals surface area contributed by atoms with Crippen molar-refractivity contribution in [1.29, 1.82) is 0 Å². The van der Waals surface area contributed by atoms with Gasteiger partial charge in [-0.25, -0.2) is 9.97 Å². The van der Waals surface area contributed by atoms with Gasteiger partial charge in [-0.3, -0.25) is 4.79 Å². The maximum absolute atomic E-state index is 12.2. The standard InChI is InChI=1S/C16H23N5O/c1-11(2)21-9-14(18-10-21)16(22)17-7-13-5-4-6-20-8-12(3)19-15(13)20/h8-11,13H,4-7H2,1-3H3,(H,17,22). The number of hydrogen-bond donors (Lipinski definition) is 1. The Hall–Kier alpha value is -2.11. The number of amides is 1. The maximum Gasteiger partial charge on any atom is 0.271 e. The van der Waals surface area contributed by atoms with Crippen LogP contribution >= 0.6 is 0 Å². The Balaban J connectivity index is 1.64. The summed E-state index contributed by atoms with van der Waals surface area (Å²) < 4.78 is 4.15. The van der Waals surface area contributed by atoms with Gasteiger partial charge < -0.3 is 14.5 Å². The van der Waals surface area contributed by atoms with Crippen molar-refractivity contribution >= 4 is 5.91 Å². The summed E-state index contributed by atoms with van der Waals surface area (Å²) in [7, 11) is 0. The van der Waals surface area contributed by atoms with E-state index in [1.807, 2.05) is 11.5 Å². The van der Waals surface area contributed by atoms with E-state index in [1.54, 1.807) is 12.5 Å². The predicted octanol–water partition coefficient (Wildman–Crippen LogP) is 2.28. The maximum atomic E-state index is 12.2. The molecular weight excluding hydrogens is 278 g/mol. The third-order valence-electron chi connectivity index (χ3n) is 4.18. The van der Waals surface area contributed by atoms with Gasteiger partial charge in [0, 0.05) is 37.4 Å². The van der Waals surface area contributed by atoms with Gasteiger partial charge >= 0.3 is 0 Å². The van der Waals surface area contributed by atoms with Gasteiger partial charge in [0.1, 0.15) is 11.5 Å². The number of nitrogens with one attached hydrogen (secondary N) is 1. The van der Waals surface area contributed by atoms with Crippen LogP contribution in [-0.2, 0) is 6.54 Å². The van der Waals surface area contributed by atoms with Crippen molar-refractivity contribution in [3.05, 3.63) is 35.9 Å². The van der Waals surface area contributed by atoms with Crippen molar-refractivity contribution in [3.8, 4) is 0 Å². The van der Waals surface area contributed by atoms with Crippen LogP contribution in [0.15, 0.2) is 18.7 Å². The Morgan fingerprint density at radius 2 is 2.27 bits per heavy atom. The van der Waals surface area contributed by atoms with Crippen LogP contribution in [0.1, 0.15) is 60.7 Å². The zero-order chi connectivity index (χ0) is 15.7. The molecular formula is C16H23N5O. The number of imidazole rings is 2. The molecule has 0 fully saturated rings. The van der Waals surface area contributed by atoms with Crippen LogP contribution in [0, 0.1) is 6.92 Å². The second-order valence-corrected chi connectivity index (χ2v) is 6.28. The van der Waals surface area contributed by atoms with Crippen molar-refractivity contribution < 1.29 is 4.79 Å². The number of rotatable bonds is 4. The third kappa shape index (κ3) is 2.91. The highest BCUT2D eigenvalue weighted by atomic mass is 16.1. The number of fused-ring (bicyclic) bond motifs is 1. The Bertz CT molecular complexity index is 670. The number of aryl methyl sites for hydroxylation is 2. The molecule has 118 valence electrons. The number of carbonyl (C=O) groups excluding carboxylic acids is 1. The van der Waals surface area contributed by atoms with Gasteiger partial charge in [-0.1, -0.05) is 0 Å². The van der Waals surface area contributed by atoms with Crippen molar-refractivity contribution in [2.45, 2.75) is 52.1 Å². The summed E-state index contributed by atoms with van der Waals surface area (Å²) in [4.78, 5) is 21.0. The normalized spacial score (nSPS) is 17.5. The molecule has 6 nitrogen and oxygen atoms in total. The third-order valence-corrected chi connectivity index (χ3v) is 4.18. The Kier molecular flexibility index (Phi) is 4.00. The molecule has 22 heavy (non-hydrogen) atoms. The molecule has 1 unspecified atom stereocenters. The molecule has 0 spiro atoms. The minimum atomic E-state index is -0.111. The van der Waals surface area contributed by atoms with Gasteiger partial charge in [0.15, 0.2) is 0 Å². The fraction of sp³-hybridized carbons (Fsp3) is 0.562. The van der Waals surface area contributed by atoms with E-state index in [0.717, 1.165) is 30.9 Å². The average Bonchev–Trinajstić information content (AvgIpc) is 3.10. The lowest BCUT2D eigenvalue weighted by atomic mass is 9.99. The van der Waals surface area contributed by atoms with E-state index in [9.17, 15) is 4.79 Å². The monoisotopic (exact) mass is 301 g/mol. The van der Waals surface area contributed by atoms with Gasteiger partial charge in [0.2, 0.25) is 0 Å². The molecule has 0 aliphatic carbocycles. The van der Waals surface area contributed by atoms with Crippen LogP contribution in [0.3, 0.4) is 0 Å². The quantitative estimate of drug-likeness (QED) is 0.942. The summed E-state index contributed by atoms with van der Waals surface area (Å²) in [6, 6.07) is 0.308. The van der Waals surface area contributed by atoms with E-state index < -0.39 is 0 Å². The van der Waals surface area contributed by atoms with E-state index in [1.165, 1.54) is 0 Å². The summed E-state index contributed by atoms with van der Waals surface area (Å²) >= 11 is 0. The molecule has 1 aliphatic heterocycles. The number of hydrogen-bond acceptors (Lipinski definition) is 3. The smallest absolute Gasteiger partial charge is 0.271 e. The number of aromatic nitrogens is 4. The van der Waals surface area contributed by atoms with Crippen LogP contribution in [0.5, 0.6) is 0 Å². The van der Waals surface area contributed by atoms with Gasteiger partial charge in [-0.05, 0) is 33.6 Å². The van der Waals surface area contributed by atoms with Crippen LogP contribution in [0.2, 0.25) is 0 Å². The van der Waals surface area contributed by atoms with Gasteiger partial charge in [-0.2, -0.15) is 0 Å². The van der Waals surface area contributed by atoms with E-state index >= 15 is 0 Å². The Morgan fingerprint density at radius 1 is 1.45 bits per heavy atom. The number of nitrogens with zero attached hydrogens (tertiary/aromatic N) is 4. The number of carbonyl (C=O) groups is 1. The molecule has 1 atom stereocenters. The molecule has 0 aromatic carbocycles. The van der Waals surface area contributed by atoms with Crippen LogP contribution in [0.25, 0.3) is 0 Å². The van der Waals surface area contributed by atoms with E-state index in [2.05, 4.69) is 39.9 Å². The summed E-state index contributed by atoms with van der Waals surface area (Å²) in [5, 5.41) is 3.00. The summed E-state index contributed by atoms with van der Waals surface area (Å²) in [5.74, 6) is 1.27. The lowest BCUT2D eigenvalue weighted by molar-refractivity contribution is 0.0944. The highest BCUT2D eigenvalue weighted by molar-refractivity contribution is 5.92. The van der Waals surface area contributed by atoms with Gasteiger partial charge in [-0.15, -0.1) is 0 Å². The van der Waals surface area contributed by atoms with Crippen molar-refractivity contribution in [1.82, 2.24) is 24.4 Å². The summed E-state index contributed by atoms with van der Waals surface area (Å²) in [6.45, 7) is 7.78. The lowest BCUT2D eigenvalue weighted by Crippen LogP contribution is -2.31. The zero-order valence-corrected chi connectivity index (χ0v) is 13.4. The predicted molar refractivity (Wildman–Crippen MR) is 83.9 cm³/mol. The first-order chi connectivity index (χ1) is 10.5. The van der Waals surface area contributed by atoms with Crippen molar-refractivity contribution in [2.75, 3.05) is 6.54 Å². The fourth-order valence-electron chi connectivity index (χ4n) is 2.94. The molecule has 0 saturated heterocycles. The first kappa shape index (κ1) is 14.8. The van der Waals surface area contributed by atoms with E-state index in [-0.39, 0.29) is 5.91 Å². The largest absolute Gasteiger partial charge is 0.350 e. The first-order valence-electron chi connectivity index (χ1n) is 7.90. The second-order valence-electron chi connectivity index (χ2n) is 6.28. The minimum absolute atomic E-state index is 0.111. The Labute approximate surface area is 130 Å². The van der Waals surface area contributed by atoms with Crippen molar-refractivity contribution in [2.24, 2.45) is 0 Å². The van der Waals surface area contributed by atoms with Crippen molar-refractivity contribution in [3.63, 3.8) is 0 Å². The molecule has 3 heterocycles. The van der Waals surface area contributed by atoms with Crippen LogP contribution in [0.4, 0.5) is 0 Å². The van der Waals surface area contributed by atoms with E-state index in [4.69, 9.17) is 0 Å². The molecule has 1 amide bonds. The topological polar surface area (TPSA) is 64.7 Å². The van der Waals surface area contributed by atoms with E-state index in [0.29, 0.717) is 24.2 Å². The molecule has 0 saturated carbocycles. The molecule has 6 heteroatoms. The summed E-state index contributed by atoms with van der Waals surface area (Å²) in [6.07, 6.45) is 7.79. The fourth-order valence-corrected chi connectivity index (χ4v) is 2.94. The molecule has 0 radical (unpaired) electrons. The Morgan fingerprint density at radius 3 is 3.00 bits per heavy atom. The lowest BCUT2D eigenvalue weighted by Gasteiger charge is -2.23. The molecule has 3 rings (SSSR count). The SMILES string of the molecule is Cc1cn2c(n1)C(CNC(=O)c1cn(C(C)C)cn1)CCC2. The highest BCUT2D eigenvalue weighted by Crippen LogP contribution is 2.26. The molecule has 2 aromatic heterocycles. The first-order valence-corrected chi connectivity index (χ1v) is 7.90. The molecule has 0 bridgehead atoms. The minimum Gasteiger partial charge on any atom is -0.350 e. The van der Waals surface area contributed by atoms with Gasteiger partial charge in [0.25, 0.3) is 5.91 Å². The van der Waals surface area contributed by atoms with Crippen LogP contribution < -0.4 is 5.32 Å². The molecule has 2 aromatic rings. The zero-order valence-electron chi connectivity index (χ0n) is 13.4. The highest BCUT2D eigenvalue weighted by Gasteiger charge is 2.23. The summed E-state index contributed by atoms with van der Waals surface area (Å²) in [5.41, 5.74) is 1.52.